The summed E-state index contributed by atoms with van der Waals surface area (Å²) in [5.74, 6) is -1.55. The van der Waals surface area contributed by atoms with Crippen LogP contribution in [0.15, 0.2) is 24.3 Å². The van der Waals surface area contributed by atoms with Crippen LogP contribution in [0.2, 0.25) is 0 Å². The van der Waals surface area contributed by atoms with E-state index in [4.69, 9.17) is 5.21 Å². The minimum absolute atomic E-state index is 0.0902. The Labute approximate surface area is 183 Å². The largest absolute Gasteiger partial charge is 0.573 e. The molecule has 0 aliphatic carbocycles. The fourth-order valence-corrected chi connectivity index (χ4v) is 3.31. The van der Waals surface area contributed by atoms with Crippen molar-refractivity contribution in [3.05, 3.63) is 24.3 Å². The van der Waals surface area contributed by atoms with Crippen LogP contribution < -0.4 is 15.5 Å². The molecular formula is C20H27F3N4O5. The van der Waals surface area contributed by atoms with Crippen LogP contribution in [0.4, 0.5) is 23.7 Å². The molecule has 1 aliphatic heterocycles. The first-order chi connectivity index (χ1) is 15.0. The predicted octanol–water partition coefficient (Wildman–Crippen LogP) is 2.96. The molecule has 4 amide bonds. The minimum atomic E-state index is -4.86. The summed E-state index contributed by atoms with van der Waals surface area (Å²) >= 11 is 0. The summed E-state index contributed by atoms with van der Waals surface area (Å²) in [5, 5.41) is 11.3. The zero-order valence-corrected chi connectivity index (χ0v) is 17.8. The van der Waals surface area contributed by atoms with Crippen molar-refractivity contribution in [3.63, 3.8) is 0 Å². The number of hydrogen-bond acceptors (Lipinski definition) is 5. The van der Waals surface area contributed by atoms with Gasteiger partial charge in [-0.3, -0.25) is 14.8 Å². The molecule has 2 rings (SSSR count). The molecule has 3 N–H and O–H groups in total. The van der Waals surface area contributed by atoms with Gasteiger partial charge in [0, 0.05) is 24.8 Å². The molecule has 9 nitrogen and oxygen atoms in total. The van der Waals surface area contributed by atoms with E-state index in [0.717, 1.165) is 12.1 Å². The van der Waals surface area contributed by atoms with Gasteiger partial charge in [0.15, 0.2) is 0 Å². The topological polar surface area (TPSA) is 111 Å². The van der Waals surface area contributed by atoms with E-state index in [1.807, 2.05) is 13.8 Å². The molecule has 1 atom stereocenters. The Morgan fingerprint density at radius 1 is 1.31 bits per heavy atom. The number of halogens is 3. The molecule has 1 saturated heterocycles. The van der Waals surface area contributed by atoms with Crippen LogP contribution in [0.3, 0.4) is 0 Å². The standard InChI is InChI=1S/C20H27F3N4O5/c1-13(2)8-10-26(12-17(28)25-31)19(30)27-9-4-7-16(27)18(29)24-14-5-3-6-15(11-14)32-20(21,22)23/h3,5-6,11,13,16,31H,4,7-10,12H2,1-2H3,(H,24,29)(H,25,28)/t16-/m0/s1. The minimum Gasteiger partial charge on any atom is -0.406 e. The number of rotatable bonds is 8. The monoisotopic (exact) mass is 460 g/mol. The summed E-state index contributed by atoms with van der Waals surface area (Å²) in [5.41, 5.74) is 1.58. The number of nitrogens with zero attached hydrogens (tertiary/aromatic N) is 2. The highest BCUT2D eigenvalue weighted by molar-refractivity contribution is 5.97. The van der Waals surface area contributed by atoms with Crippen molar-refractivity contribution in [2.45, 2.75) is 45.5 Å². The van der Waals surface area contributed by atoms with Crippen molar-refractivity contribution in [2.75, 3.05) is 25.0 Å². The number of carbonyl (C=O) groups excluding carboxylic acids is 3. The molecule has 1 heterocycles. The number of carbonyl (C=O) groups is 3. The van der Waals surface area contributed by atoms with E-state index >= 15 is 0 Å². The molecule has 0 unspecified atom stereocenters. The second kappa shape index (κ2) is 11.0. The molecule has 1 aromatic carbocycles. The summed E-state index contributed by atoms with van der Waals surface area (Å²) in [6.07, 6.45) is -3.34. The zero-order chi connectivity index (χ0) is 23.9. The first kappa shape index (κ1) is 25.2. The van der Waals surface area contributed by atoms with Crippen molar-refractivity contribution >= 4 is 23.5 Å². The molecule has 0 spiro atoms. The lowest BCUT2D eigenvalue weighted by molar-refractivity contribution is -0.274. The molecule has 0 bridgehead atoms. The predicted molar refractivity (Wildman–Crippen MR) is 108 cm³/mol. The van der Waals surface area contributed by atoms with Gasteiger partial charge in [0.05, 0.1) is 0 Å². The number of benzene rings is 1. The average Bonchev–Trinajstić information content (AvgIpc) is 3.19. The van der Waals surface area contributed by atoms with Crippen LogP contribution in [0.25, 0.3) is 0 Å². The third-order valence-corrected chi connectivity index (χ3v) is 4.84. The van der Waals surface area contributed by atoms with Crippen molar-refractivity contribution in [1.29, 1.82) is 0 Å². The van der Waals surface area contributed by atoms with Crippen molar-refractivity contribution in [2.24, 2.45) is 5.92 Å². The molecule has 0 aromatic heterocycles. The highest BCUT2D eigenvalue weighted by Crippen LogP contribution is 2.26. The molecule has 0 saturated carbocycles. The molecule has 0 radical (unpaired) electrons. The fourth-order valence-electron chi connectivity index (χ4n) is 3.31. The van der Waals surface area contributed by atoms with Gasteiger partial charge in [-0.25, -0.2) is 10.3 Å². The summed E-state index contributed by atoms with van der Waals surface area (Å²) < 4.78 is 41.1. The van der Waals surface area contributed by atoms with Gasteiger partial charge >= 0.3 is 12.4 Å². The fraction of sp³-hybridized carbons (Fsp3) is 0.550. The number of alkyl halides is 3. The van der Waals surface area contributed by atoms with E-state index in [-0.39, 0.29) is 31.2 Å². The zero-order valence-electron chi connectivity index (χ0n) is 17.8. The van der Waals surface area contributed by atoms with Gasteiger partial charge in [-0.15, -0.1) is 13.2 Å². The smallest absolute Gasteiger partial charge is 0.406 e. The maximum atomic E-state index is 13.1. The van der Waals surface area contributed by atoms with E-state index in [1.165, 1.54) is 27.4 Å². The van der Waals surface area contributed by atoms with Gasteiger partial charge in [0.25, 0.3) is 5.91 Å². The van der Waals surface area contributed by atoms with Gasteiger partial charge < -0.3 is 19.9 Å². The van der Waals surface area contributed by atoms with Gasteiger partial charge in [-0.2, -0.15) is 0 Å². The number of hydroxylamine groups is 1. The van der Waals surface area contributed by atoms with Crippen molar-refractivity contribution in [1.82, 2.24) is 15.3 Å². The van der Waals surface area contributed by atoms with Gasteiger partial charge in [-0.05, 0) is 37.3 Å². The van der Waals surface area contributed by atoms with E-state index in [0.29, 0.717) is 19.3 Å². The Morgan fingerprint density at radius 2 is 2.03 bits per heavy atom. The number of ether oxygens (including phenoxy) is 1. The van der Waals surface area contributed by atoms with E-state index in [2.05, 4.69) is 10.1 Å². The highest BCUT2D eigenvalue weighted by atomic mass is 19.4. The summed E-state index contributed by atoms with van der Waals surface area (Å²) in [7, 11) is 0. The molecule has 1 aliphatic rings. The van der Waals surface area contributed by atoms with Gasteiger partial charge in [0.1, 0.15) is 18.3 Å². The van der Waals surface area contributed by atoms with Crippen LogP contribution in [-0.4, -0.2) is 64.9 Å². The maximum Gasteiger partial charge on any atom is 0.573 e. The second-order valence-electron chi connectivity index (χ2n) is 7.84. The number of anilines is 1. The summed E-state index contributed by atoms with van der Waals surface area (Å²) in [4.78, 5) is 40.1. The normalized spacial score (nSPS) is 16.1. The van der Waals surface area contributed by atoms with Gasteiger partial charge in [0.2, 0.25) is 5.91 Å². The third kappa shape index (κ3) is 7.59. The third-order valence-electron chi connectivity index (χ3n) is 4.84. The molecule has 12 heteroatoms. The average molecular weight is 460 g/mol. The number of likely N-dealkylation sites (tertiary alicyclic amines) is 1. The molecule has 32 heavy (non-hydrogen) atoms. The van der Waals surface area contributed by atoms with Crippen molar-refractivity contribution < 1.29 is 37.5 Å². The number of nitrogens with one attached hydrogen (secondary N) is 2. The van der Waals surface area contributed by atoms with Crippen LogP contribution in [-0.2, 0) is 9.59 Å². The van der Waals surface area contributed by atoms with Crippen LogP contribution in [0.1, 0.15) is 33.1 Å². The highest BCUT2D eigenvalue weighted by Gasteiger charge is 2.37. The van der Waals surface area contributed by atoms with E-state index in [1.54, 1.807) is 0 Å². The second-order valence-corrected chi connectivity index (χ2v) is 7.84. The van der Waals surface area contributed by atoms with Crippen LogP contribution in [0.5, 0.6) is 5.75 Å². The number of urea groups is 1. The molecule has 178 valence electrons. The number of amides is 4. The lowest BCUT2D eigenvalue weighted by Gasteiger charge is -2.31. The number of hydrogen-bond donors (Lipinski definition) is 3. The molecule has 1 aromatic rings. The summed E-state index contributed by atoms with van der Waals surface area (Å²) in [6, 6.07) is 3.47. The maximum absolute atomic E-state index is 13.1. The Hall–Kier alpha value is -3.02. The first-order valence-electron chi connectivity index (χ1n) is 10.2. The van der Waals surface area contributed by atoms with Gasteiger partial charge in [-0.1, -0.05) is 19.9 Å². The Morgan fingerprint density at radius 3 is 2.66 bits per heavy atom. The lowest BCUT2D eigenvalue weighted by Crippen LogP contribution is -2.51. The van der Waals surface area contributed by atoms with E-state index < -0.39 is 36.0 Å². The molecule has 1 fully saturated rings. The van der Waals surface area contributed by atoms with Crippen LogP contribution in [0, 0.1) is 5.92 Å². The Balaban J connectivity index is 2.10. The summed E-state index contributed by atoms with van der Waals surface area (Å²) in [6.45, 7) is 4.08. The lowest BCUT2D eigenvalue weighted by atomic mass is 10.1. The van der Waals surface area contributed by atoms with Crippen molar-refractivity contribution in [3.8, 4) is 5.75 Å². The van der Waals surface area contributed by atoms with E-state index in [9.17, 15) is 27.6 Å². The Bertz CT molecular complexity index is 819. The first-order valence-corrected chi connectivity index (χ1v) is 10.2. The molecular weight excluding hydrogens is 433 g/mol. The van der Waals surface area contributed by atoms with Crippen LogP contribution >= 0.6 is 0 Å². The quantitative estimate of drug-likeness (QED) is 0.408. The Kier molecular flexibility index (Phi) is 8.70. The SMILES string of the molecule is CC(C)CCN(CC(=O)NO)C(=O)N1CCC[C@H]1C(=O)Nc1cccc(OC(F)(F)F)c1.